The number of aromatic nitrogens is 2. The molecule has 1 aromatic heterocycles. The van der Waals surface area contributed by atoms with Crippen molar-refractivity contribution < 1.29 is 8.42 Å². The zero-order valence-corrected chi connectivity index (χ0v) is 16.6. The molecule has 1 aliphatic rings. The number of benzene rings is 1. The first-order chi connectivity index (χ1) is 13.1. The van der Waals surface area contributed by atoms with Gasteiger partial charge in [0.2, 0.25) is 10.0 Å². The van der Waals surface area contributed by atoms with E-state index in [9.17, 15) is 8.42 Å². The van der Waals surface area contributed by atoms with Gasteiger partial charge < -0.3 is 5.32 Å². The highest BCUT2D eigenvalue weighted by Crippen LogP contribution is 2.30. The van der Waals surface area contributed by atoms with E-state index in [4.69, 9.17) is 0 Å². The highest BCUT2D eigenvalue weighted by atomic mass is 32.2. The van der Waals surface area contributed by atoms with Gasteiger partial charge in [0.15, 0.2) is 0 Å². The molecule has 2 N–H and O–H groups in total. The van der Waals surface area contributed by atoms with Crippen LogP contribution < -0.4 is 10.0 Å². The lowest BCUT2D eigenvalue weighted by atomic mass is 9.84. The Morgan fingerprint density at radius 1 is 1.11 bits per heavy atom. The van der Waals surface area contributed by atoms with Crippen LogP contribution >= 0.6 is 0 Å². The van der Waals surface area contributed by atoms with Gasteiger partial charge >= 0.3 is 0 Å². The molecule has 1 heterocycles. The molecule has 3 rings (SSSR count). The Morgan fingerprint density at radius 3 is 2.56 bits per heavy atom. The van der Waals surface area contributed by atoms with Crippen molar-refractivity contribution in [3.05, 3.63) is 48.0 Å². The van der Waals surface area contributed by atoms with Crippen LogP contribution in [-0.2, 0) is 23.0 Å². The van der Waals surface area contributed by atoms with E-state index in [-0.39, 0.29) is 0 Å². The zero-order chi connectivity index (χ0) is 19.1. The molecule has 7 heteroatoms. The smallest absolute Gasteiger partial charge is 0.240 e. The maximum absolute atomic E-state index is 12.4. The predicted molar refractivity (Wildman–Crippen MR) is 107 cm³/mol. The number of anilines is 1. The quantitative estimate of drug-likeness (QED) is 0.723. The molecule has 1 saturated carbocycles. The SMILES string of the molecule is CCNS(=O)(=O)c1ccc(CC2CCCCC2)c(NCc2cncnc2)c1. The molecule has 0 saturated heterocycles. The van der Waals surface area contributed by atoms with Crippen LogP contribution in [0.15, 0.2) is 41.8 Å². The lowest BCUT2D eigenvalue weighted by Gasteiger charge is -2.23. The van der Waals surface area contributed by atoms with Crippen molar-refractivity contribution in [2.24, 2.45) is 5.92 Å². The Hall–Kier alpha value is -1.99. The van der Waals surface area contributed by atoms with Crippen molar-refractivity contribution in [3.8, 4) is 0 Å². The Kier molecular flexibility index (Phi) is 6.79. The van der Waals surface area contributed by atoms with Crippen molar-refractivity contribution in [1.29, 1.82) is 0 Å². The third-order valence-electron chi connectivity index (χ3n) is 5.06. The van der Waals surface area contributed by atoms with Crippen LogP contribution in [0.5, 0.6) is 0 Å². The summed E-state index contributed by atoms with van der Waals surface area (Å²) >= 11 is 0. The Bertz CT molecular complexity index is 834. The topological polar surface area (TPSA) is 84.0 Å². The largest absolute Gasteiger partial charge is 0.381 e. The molecule has 0 spiro atoms. The highest BCUT2D eigenvalue weighted by Gasteiger charge is 2.19. The van der Waals surface area contributed by atoms with E-state index in [1.165, 1.54) is 44.0 Å². The normalized spacial score (nSPS) is 15.6. The number of sulfonamides is 1. The Morgan fingerprint density at radius 2 is 1.85 bits per heavy atom. The summed E-state index contributed by atoms with van der Waals surface area (Å²) in [6.07, 6.45) is 12.4. The lowest BCUT2D eigenvalue weighted by Crippen LogP contribution is -2.23. The van der Waals surface area contributed by atoms with Gasteiger partial charge in [0, 0.05) is 36.7 Å². The Balaban J connectivity index is 1.84. The van der Waals surface area contributed by atoms with Gasteiger partial charge in [0.05, 0.1) is 4.90 Å². The van der Waals surface area contributed by atoms with Gasteiger partial charge in [0.25, 0.3) is 0 Å². The van der Waals surface area contributed by atoms with E-state index in [1.54, 1.807) is 31.5 Å². The maximum Gasteiger partial charge on any atom is 0.240 e. The zero-order valence-electron chi connectivity index (χ0n) is 15.8. The van der Waals surface area contributed by atoms with Crippen molar-refractivity contribution in [3.63, 3.8) is 0 Å². The fourth-order valence-electron chi connectivity index (χ4n) is 3.66. The van der Waals surface area contributed by atoms with Crippen LogP contribution in [-0.4, -0.2) is 24.9 Å². The average Bonchev–Trinajstić information content (AvgIpc) is 2.68. The molecule has 1 aromatic carbocycles. The van der Waals surface area contributed by atoms with Crippen LogP contribution in [0.1, 0.15) is 50.2 Å². The van der Waals surface area contributed by atoms with Crippen molar-refractivity contribution in [2.75, 3.05) is 11.9 Å². The van der Waals surface area contributed by atoms with Crippen LogP contribution in [0.25, 0.3) is 0 Å². The molecule has 0 aliphatic heterocycles. The summed E-state index contributed by atoms with van der Waals surface area (Å²) in [7, 11) is -3.48. The molecular weight excluding hydrogens is 360 g/mol. The van der Waals surface area contributed by atoms with E-state index in [0.717, 1.165) is 17.7 Å². The van der Waals surface area contributed by atoms with Crippen molar-refractivity contribution in [1.82, 2.24) is 14.7 Å². The van der Waals surface area contributed by atoms with Gasteiger partial charge in [-0.2, -0.15) is 0 Å². The second-order valence-electron chi connectivity index (χ2n) is 7.13. The predicted octanol–water partition coefficient (Wildman–Crippen LogP) is 3.51. The fraction of sp³-hybridized carbons (Fsp3) is 0.500. The van der Waals surface area contributed by atoms with Crippen LogP contribution in [0, 0.1) is 5.92 Å². The molecule has 0 amide bonds. The standard InChI is InChI=1S/C20H28N4O2S/c1-2-24-27(25,26)19-9-8-18(10-16-6-4-3-5-7-16)20(11-19)23-14-17-12-21-15-22-13-17/h8-9,11-13,15-16,23-24H,2-7,10,14H2,1H3. The highest BCUT2D eigenvalue weighted by molar-refractivity contribution is 7.89. The molecule has 1 aliphatic carbocycles. The number of nitrogens with one attached hydrogen (secondary N) is 2. The van der Waals surface area contributed by atoms with Crippen LogP contribution in [0.4, 0.5) is 5.69 Å². The first-order valence-corrected chi connectivity index (χ1v) is 11.2. The van der Waals surface area contributed by atoms with Gasteiger partial charge in [-0.1, -0.05) is 45.1 Å². The average molecular weight is 389 g/mol. The van der Waals surface area contributed by atoms with E-state index in [2.05, 4.69) is 20.0 Å². The first-order valence-electron chi connectivity index (χ1n) is 9.69. The van der Waals surface area contributed by atoms with Gasteiger partial charge in [-0.05, 0) is 30.0 Å². The summed E-state index contributed by atoms with van der Waals surface area (Å²) in [5, 5.41) is 3.40. The Labute approximate surface area is 161 Å². The molecule has 0 unspecified atom stereocenters. The summed E-state index contributed by atoms with van der Waals surface area (Å²) in [6.45, 7) is 2.71. The fourth-order valence-corrected chi connectivity index (χ4v) is 4.73. The number of hydrogen-bond acceptors (Lipinski definition) is 5. The van der Waals surface area contributed by atoms with E-state index in [0.29, 0.717) is 23.9 Å². The summed E-state index contributed by atoms with van der Waals surface area (Å²) < 4.78 is 27.4. The van der Waals surface area contributed by atoms with Crippen LogP contribution in [0.3, 0.4) is 0 Å². The maximum atomic E-state index is 12.4. The molecule has 146 valence electrons. The minimum atomic E-state index is -3.48. The number of rotatable bonds is 8. The molecule has 0 radical (unpaired) electrons. The monoisotopic (exact) mass is 388 g/mol. The third kappa shape index (κ3) is 5.49. The molecule has 0 atom stereocenters. The molecule has 2 aromatic rings. The molecule has 1 fully saturated rings. The third-order valence-corrected chi connectivity index (χ3v) is 6.60. The van der Waals surface area contributed by atoms with E-state index in [1.807, 2.05) is 6.07 Å². The second kappa shape index (κ2) is 9.28. The number of hydrogen-bond donors (Lipinski definition) is 2. The van der Waals surface area contributed by atoms with Crippen LogP contribution in [0.2, 0.25) is 0 Å². The first kappa shape index (κ1) is 19.8. The molecule has 6 nitrogen and oxygen atoms in total. The number of nitrogens with zero attached hydrogens (tertiary/aromatic N) is 2. The van der Waals surface area contributed by atoms with Gasteiger partial charge in [0.1, 0.15) is 6.33 Å². The lowest BCUT2D eigenvalue weighted by molar-refractivity contribution is 0.357. The van der Waals surface area contributed by atoms with Crippen molar-refractivity contribution in [2.45, 2.75) is 56.9 Å². The summed E-state index contributed by atoms with van der Waals surface area (Å²) in [5.41, 5.74) is 3.01. The van der Waals surface area contributed by atoms with E-state index < -0.39 is 10.0 Å². The summed E-state index contributed by atoms with van der Waals surface area (Å²) in [6, 6.07) is 5.43. The van der Waals surface area contributed by atoms with E-state index >= 15 is 0 Å². The minimum absolute atomic E-state index is 0.295. The molecule has 27 heavy (non-hydrogen) atoms. The minimum Gasteiger partial charge on any atom is -0.381 e. The van der Waals surface area contributed by atoms with Gasteiger partial charge in [-0.15, -0.1) is 0 Å². The van der Waals surface area contributed by atoms with Gasteiger partial charge in [-0.3, -0.25) is 0 Å². The van der Waals surface area contributed by atoms with Gasteiger partial charge in [-0.25, -0.2) is 23.1 Å². The molecular formula is C20H28N4O2S. The second-order valence-corrected chi connectivity index (χ2v) is 8.90. The molecule has 0 bridgehead atoms. The summed E-state index contributed by atoms with van der Waals surface area (Å²) in [5.74, 6) is 0.676. The summed E-state index contributed by atoms with van der Waals surface area (Å²) in [4.78, 5) is 8.37. The van der Waals surface area contributed by atoms with Crippen molar-refractivity contribution >= 4 is 15.7 Å².